The lowest BCUT2D eigenvalue weighted by Crippen LogP contribution is -2.58. The van der Waals surface area contributed by atoms with Gasteiger partial charge in [0.25, 0.3) is 0 Å². The zero-order valence-corrected chi connectivity index (χ0v) is 25.8. The number of rotatable bonds is 7. The molecule has 0 bridgehead atoms. The van der Waals surface area contributed by atoms with Gasteiger partial charge in [-0.1, -0.05) is 39.7 Å². The molecule has 1 spiro atoms. The van der Waals surface area contributed by atoms with Gasteiger partial charge in [0, 0.05) is 36.9 Å². The van der Waals surface area contributed by atoms with Crippen LogP contribution in [0.2, 0.25) is 0 Å². The maximum Gasteiger partial charge on any atom is 0.171 e. The third-order valence-corrected chi connectivity index (χ3v) is 12.1. The minimum atomic E-state index is -0.819. The van der Waals surface area contributed by atoms with Gasteiger partial charge in [-0.25, -0.2) is 0 Å². The first kappa shape index (κ1) is 29.6. The molecule has 2 N–H and O–H groups in total. The summed E-state index contributed by atoms with van der Waals surface area (Å²) in [5.41, 5.74) is 1.40. The van der Waals surface area contributed by atoms with Crippen LogP contribution in [0, 0.1) is 28.6 Å². The highest BCUT2D eigenvalue weighted by molar-refractivity contribution is 5.37. The fourth-order valence-corrected chi connectivity index (χ4v) is 9.99. The molecule has 0 aromatic rings. The Morgan fingerprint density at radius 3 is 2.52 bits per heavy atom. The Bertz CT molecular complexity index is 944. The van der Waals surface area contributed by atoms with Gasteiger partial charge in [0.1, 0.15) is 0 Å². The van der Waals surface area contributed by atoms with E-state index in [0.29, 0.717) is 50.6 Å². The molecule has 2 aliphatic heterocycles. The molecule has 1 unspecified atom stereocenters. The monoisotopic (exact) mass is 560 g/mol. The Morgan fingerprint density at radius 1 is 1.00 bits per heavy atom. The summed E-state index contributed by atoms with van der Waals surface area (Å²) in [6.07, 6.45) is 13.5. The van der Waals surface area contributed by atoms with Crippen molar-refractivity contribution < 1.29 is 29.2 Å². The molecule has 6 rings (SSSR count). The number of aliphatic hydroxyl groups is 2. The Labute approximate surface area is 242 Å². The fourth-order valence-electron chi connectivity index (χ4n) is 9.99. The summed E-state index contributed by atoms with van der Waals surface area (Å²) in [6.45, 7) is 12.7. The van der Waals surface area contributed by atoms with Crippen LogP contribution in [0.4, 0.5) is 0 Å². The summed E-state index contributed by atoms with van der Waals surface area (Å²) in [4.78, 5) is 0. The molecule has 228 valence electrons. The lowest BCUT2D eigenvalue weighted by atomic mass is 9.49. The van der Waals surface area contributed by atoms with Gasteiger partial charge in [-0.2, -0.15) is 0 Å². The highest BCUT2D eigenvalue weighted by Crippen LogP contribution is 2.67. The van der Waals surface area contributed by atoms with Crippen molar-refractivity contribution >= 4 is 0 Å². The van der Waals surface area contributed by atoms with Crippen molar-refractivity contribution in [2.24, 2.45) is 28.6 Å². The number of hydrogen-bond acceptors (Lipinski definition) is 6. The van der Waals surface area contributed by atoms with Gasteiger partial charge in [-0.3, -0.25) is 0 Å². The lowest BCUT2D eigenvalue weighted by Gasteiger charge is -2.58. The van der Waals surface area contributed by atoms with E-state index in [1.54, 1.807) is 5.57 Å². The molecule has 0 aromatic heterocycles. The number of hydrogen-bond donors (Lipinski definition) is 2. The molecule has 4 aliphatic carbocycles. The van der Waals surface area contributed by atoms with Crippen LogP contribution in [0.15, 0.2) is 11.1 Å². The number of allylic oxidation sites excluding steroid dienone is 1. The average Bonchev–Trinajstić information content (AvgIpc) is 3.19. The molecule has 3 saturated carbocycles. The first-order valence-electron chi connectivity index (χ1n) is 16.7. The molecule has 2 saturated heterocycles. The van der Waals surface area contributed by atoms with Gasteiger partial charge >= 0.3 is 0 Å². The van der Waals surface area contributed by atoms with Crippen LogP contribution in [-0.4, -0.2) is 66.3 Å². The van der Waals surface area contributed by atoms with Crippen LogP contribution in [0.3, 0.4) is 0 Å². The summed E-state index contributed by atoms with van der Waals surface area (Å²) < 4.78 is 24.5. The van der Waals surface area contributed by atoms with Crippen LogP contribution in [0.5, 0.6) is 0 Å². The van der Waals surface area contributed by atoms with Crippen molar-refractivity contribution in [2.45, 2.75) is 141 Å². The van der Waals surface area contributed by atoms with E-state index in [1.807, 2.05) is 0 Å². The van der Waals surface area contributed by atoms with E-state index < -0.39 is 17.0 Å². The number of ether oxygens (including phenoxy) is 4. The average molecular weight is 561 g/mol. The first-order chi connectivity index (χ1) is 19.0. The summed E-state index contributed by atoms with van der Waals surface area (Å²) in [7, 11) is 0. The molecule has 5 fully saturated rings. The predicted molar refractivity (Wildman–Crippen MR) is 155 cm³/mol. The standard InChI is InChI=1S/C34H56O6/c1-5-8-24-19-31(4)27(11-15-33(31,36)13-7-18-38-25-9-6-17-37-20-25)26-10-14-32(35)21-34(16-12-28(32)29(24)26)39-22-30(2,3)23-40-34/h24-27,35-36H,5-23H2,1-4H3/t24-,25?,26-,27-,31-,32+,33-/m0/s1. The summed E-state index contributed by atoms with van der Waals surface area (Å²) in [6, 6.07) is 0. The normalized spacial score (nSPS) is 44.2. The van der Waals surface area contributed by atoms with Crippen LogP contribution in [0.25, 0.3) is 0 Å². The third-order valence-electron chi connectivity index (χ3n) is 12.1. The molecule has 6 nitrogen and oxygen atoms in total. The van der Waals surface area contributed by atoms with Crippen molar-refractivity contribution in [3.8, 4) is 0 Å². The Morgan fingerprint density at radius 2 is 1.80 bits per heavy atom. The zero-order valence-electron chi connectivity index (χ0n) is 25.8. The molecule has 0 radical (unpaired) electrons. The minimum absolute atomic E-state index is 0.0278. The maximum absolute atomic E-state index is 12.3. The van der Waals surface area contributed by atoms with E-state index in [-0.39, 0.29) is 16.9 Å². The van der Waals surface area contributed by atoms with Gasteiger partial charge in [0.15, 0.2) is 5.79 Å². The van der Waals surface area contributed by atoms with Crippen LogP contribution < -0.4 is 0 Å². The van der Waals surface area contributed by atoms with Crippen molar-refractivity contribution in [3.63, 3.8) is 0 Å². The van der Waals surface area contributed by atoms with Crippen molar-refractivity contribution in [1.29, 1.82) is 0 Å². The van der Waals surface area contributed by atoms with Crippen LogP contribution >= 0.6 is 0 Å². The second kappa shape index (κ2) is 10.9. The summed E-state index contributed by atoms with van der Waals surface area (Å²) in [5, 5.41) is 24.5. The van der Waals surface area contributed by atoms with Crippen molar-refractivity contribution in [3.05, 3.63) is 11.1 Å². The second-order valence-electron chi connectivity index (χ2n) is 15.5. The van der Waals surface area contributed by atoms with Gasteiger partial charge in [0.05, 0.1) is 37.1 Å². The van der Waals surface area contributed by atoms with Crippen LogP contribution in [-0.2, 0) is 18.9 Å². The van der Waals surface area contributed by atoms with Gasteiger partial charge < -0.3 is 29.2 Å². The van der Waals surface area contributed by atoms with E-state index in [0.717, 1.165) is 90.1 Å². The van der Waals surface area contributed by atoms with Gasteiger partial charge in [-0.05, 0) is 94.0 Å². The molecule has 6 heteroatoms. The van der Waals surface area contributed by atoms with E-state index in [4.69, 9.17) is 18.9 Å². The molecular weight excluding hydrogens is 504 g/mol. The quantitative estimate of drug-likeness (QED) is 0.280. The topological polar surface area (TPSA) is 77.4 Å². The van der Waals surface area contributed by atoms with Crippen molar-refractivity contribution in [2.75, 3.05) is 33.0 Å². The van der Waals surface area contributed by atoms with E-state index in [1.165, 1.54) is 5.57 Å². The first-order valence-corrected chi connectivity index (χ1v) is 16.7. The minimum Gasteiger partial charge on any atom is -0.389 e. The van der Waals surface area contributed by atoms with E-state index in [2.05, 4.69) is 27.7 Å². The molecule has 0 aromatic carbocycles. The SMILES string of the molecule is CCC[C@H]1C[C@@]2(C)[C@@H](CC[C@@]2(O)CCCOC2CCCOC2)[C@@H]2CC[C@@]3(O)CC4(CCC3=C12)OCC(C)(C)CO4. The molecule has 40 heavy (non-hydrogen) atoms. The number of fused-ring (bicyclic) bond motifs is 4. The van der Waals surface area contributed by atoms with Crippen molar-refractivity contribution in [1.82, 2.24) is 0 Å². The molecule has 0 amide bonds. The Hall–Kier alpha value is -0.500. The largest absolute Gasteiger partial charge is 0.389 e. The Kier molecular flexibility index (Phi) is 8.05. The Balaban J connectivity index is 1.20. The third kappa shape index (κ3) is 5.15. The fraction of sp³-hybridized carbons (Fsp3) is 0.941. The molecular formula is C34H56O6. The molecule has 6 aliphatic rings. The predicted octanol–water partition coefficient (Wildman–Crippen LogP) is 6.32. The van der Waals surface area contributed by atoms with Gasteiger partial charge in [-0.15, -0.1) is 0 Å². The summed E-state index contributed by atoms with van der Waals surface area (Å²) in [5.74, 6) is 0.782. The lowest BCUT2D eigenvalue weighted by molar-refractivity contribution is -0.322. The zero-order chi connectivity index (χ0) is 28.2. The second-order valence-corrected chi connectivity index (χ2v) is 15.5. The highest BCUT2D eigenvalue weighted by atomic mass is 16.7. The highest BCUT2D eigenvalue weighted by Gasteiger charge is 2.64. The molecule has 2 heterocycles. The van der Waals surface area contributed by atoms with Gasteiger partial charge in [0.2, 0.25) is 0 Å². The van der Waals surface area contributed by atoms with E-state index >= 15 is 0 Å². The molecule has 7 atom stereocenters. The summed E-state index contributed by atoms with van der Waals surface area (Å²) >= 11 is 0. The maximum atomic E-state index is 12.3. The van der Waals surface area contributed by atoms with E-state index in [9.17, 15) is 10.2 Å². The smallest absolute Gasteiger partial charge is 0.171 e. The van der Waals surface area contributed by atoms with Crippen LogP contribution in [0.1, 0.15) is 118 Å².